The number of carbonyl (C=O) groups is 3. The van der Waals surface area contributed by atoms with Gasteiger partial charge in [0.25, 0.3) is 5.91 Å². The van der Waals surface area contributed by atoms with E-state index in [1.807, 2.05) is 17.4 Å². The SMILES string of the molecule is Cc1cc(Nc2nccn3c(-c4ccc(OC(F)F)cc4)cnc23)ccc1C(=O)N1CCN(C(=O)N2CCN[C@@H](C(=O)O)C2)CC1. The Labute approximate surface area is 262 Å². The Morgan fingerprint density at radius 1 is 1.00 bits per heavy atom. The van der Waals surface area contributed by atoms with E-state index in [0.717, 1.165) is 16.8 Å². The van der Waals surface area contributed by atoms with Crippen molar-refractivity contribution in [1.29, 1.82) is 0 Å². The number of carboxylic acids is 1. The van der Waals surface area contributed by atoms with Gasteiger partial charge in [0.05, 0.1) is 11.9 Å². The van der Waals surface area contributed by atoms with Gasteiger partial charge in [-0.1, -0.05) is 0 Å². The van der Waals surface area contributed by atoms with Crippen LogP contribution in [0.1, 0.15) is 15.9 Å². The van der Waals surface area contributed by atoms with E-state index in [-0.39, 0.29) is 24.2 Å². The number of amides is 3. The number of aliphatic carboxylic acids is 1. The number of halogens is 2. The van der Waals surface area contributed by atoms with Crippen molar-refractivity contribution in [1.82, 2.24) is 34.4 Å². The third kappa shape index (κ3) is 6.40. The number of nitrogens with zero attached hydrogens (tertiary/aromatic N) is 6. The van der Waals surface area contributed by atoms with Crippen molar-refractivity contribution >= 4 is 35.1 Å². The smallest absolute Gasteiger partial charge is 0.387 e. The van der Waals surface area contributed by atoms with Gasteiger partial charge in [0.1, 0.15) is 11.8 Å². The Bertz CT molecular complexity index is 1760. The third-order valence-electron chi connectivity index (χ3n) is 8.10. The number of fused-ring (bicyclic) bond motifs is 1. The second-order valence-corrected chi connectivity index (χ2v) is 11.0. The number of carboxylic acid groups (broad SMARTS) is 1. The van der Waals surface area contributed by atoms with Crippen LogP contribution in [0.15, 0.2) is 61.1 Å². The number of anilines is 2. The first-order valence-corrected chi connectivity index (χ1v) is 14.7. The Morgan fingerprint density at radius 2 is 1.74 bits per heavy atom. The van der Waals surface area contributed by atoms with Crippen LogP contribution in [0.25, 0.3) is 16.9 Å². The lowest BCUT2D eigenvalue weighted by atomic mass is 10.1. The van der Waals surface area contributed by atoms with E-state index in [1.165, 1.54) is 12.1 Å². The molecule has 1 atom stereocenters. The van der Waals surface area contributed by atoms with Crippen LogP contribution >= 0.6 is 0 Å². The Kier molecular flexibility index (Phi) is 8.66. The highest BCUT2D eigenvalue weighted by atomic mass is 19.3. The molecule has 2 aromatic carbocycles. The van der Waals surface area contributed by atoms with Gasteiger partial charge in [-0.15, -0.1) is 0 Å². The maximum Gasteiger partial charge on any atom is 0.387 e. The maximum atomic E-state index is 13.4. The molecule has 240 valence electrons. The molecule has 2 aliphatic heterocycles. The predicted molar refractivity (Wildman–Crippen MR) is 163 cm³/mol. The van der Waals surface area contributed by atoms with Crippen LogP contribution in [0.2, 0.25) is 0 Å². The van der Waals surface area contributed by atoms with Crippen LogP contribution in [-0.2, 0) is 4.79 Å². The van der Waals surface area contributed by atoms with Gasteiger partial charge in [-0.3, -0.25) is 14.0 Å². The largest absolute Gasteiger partial charge is 0.480 e. The number of alkyl halides is 2. The van der Waals surface area contributed by atoms with Crippen LogP contribution < -0.4 is 15.4 Å². The van der Waals surface area contributed by atoms with Gasteiger partial charge in [0.2, 0.25) is 0 Å². The molecule has 0 radical (unpaired) electrons. The molecule has 2 fully saturated rings. The zero-order valence-electron chi connectivity index (χ0n) is 24.9. The van der Waals surface area contributed by atoms with E-state index in [1.54, 1.807) is 57.6 Å². The lowest BCUT2D eigenvalue weighted by Gasteiger charge is -2.39. The summed E-state index contributed by atoms with van der Waals surface area (Å²) in [7, 11) is 0. The average molecular weight is 635 g/mol. The summed E-state index contributed by atoms with van der Waals surface area (Å²) in [5, 5.41) is 15.5. The molecule has 0 saturated carbocycles. The van der Waals surface area contributed by atoms with Gasteiger partial charge in [-0.2, -0.15) is 8.78 Å². The molecule has 2 aliphatic rings. The molecule has 3 amide bonds. The molecular weight excluding hydrogens is 602 g/mol. The normalized spacial score (nSPS) is 17.0. The average Bonchev–Trinajstić information content (AvgIpc) is 3.50. The van der Waals surface area contributed by atoms with Gasteiger partial charge in [-0.25, -0.2) is 14.8 Å². The number of benzene rings is 2. The minimum atomic E-state index is -2.90. The minimum absolute atomic E-state index is 0.0642. The van der Waals surface area contributed by atoms with Gasteiger partial charge < -0.3 is 35.2 Å². The number of nitrogens with one attached hydrogen (secondary N) is 2. The first kappa shape index (κ1) is 30.7. The number of imidazole rings is 1. The molecule has 6 rings (SSSR count). The molecule has 0 unspecified atom stereocenters. The zero-order chi connectivity index (χ0) is 32.4. The number of ether oxygens (including phenoxy) is 1. The number of carbonyl (C=O) groups excluding carboxylic acids is 2. The van der Waals surface area contributed by atoms with Crippen molar-refractivity contribution < 1.29 is 33.0 Å². The molecule has 15 heteroatoms. The molecule has 0 bridgehead atoms. The van der Waals surface area contributed by atoms with Gasteiger partial charge >= 0.3 is 18.6 Å². The van der Waals surface area contributed by atoms with Crippen molar-refractivity contribution in [2.45, 2.75) is 19.6 Å². The first-order chi connectivity index (χ1) is 22.2. The van der Waals surface area contributed by atoms with Crippen LogP contribution in [-0.4, -0.2) is 111 Å². The number of urea groups is 1. The lowest BCUT2D eigenvalue weighted by molar-refractivity contribution is -0.140. The number of piperazine rings is 2. The van der Waals surface area contributed by atoms with Gasteiger partial charge in [-0.05, 0) is 55.0 Å². The number of rotatable bonds is 7. The fourth-order valence-corrected chi connectivity index (χ4v) is 5.71. The molecule has 4 aromatic rings. The highest BCUT2D eigenvalue weighted by Crippen LogP contribution is 2.28. The molecule has 13 nitrogen and oxygen atoms in total. The fraction of sp³-hybridized carbons (Fsp3) is 0.323. The summed E-state index contributed by atoms with van der Waals surface area (Å²) < 4.78 is 31.3. The first-order valence-electron chi connectivity index (χ1n) is 14.7. The highest BCUT2D eigenvalue weighted by molar-refractivity contribution is 5.96. The van der Waals surface area contributed by atoms with Crippen molar-refractivity contribution in [2.75, 3.05) is 51.1 Å². The van der Waals surface area contributed by atoms with E-state index in [4.69, 9.17) is 0 Å². The monoisotopic (exact) mass is 634 g/mol. The summed E-state index contributed by atoms with van der Waals surface area (Å²) in [5.41, 5.74) is 4.06. The van der Waals surface area contributed by atoms with Crippen LogP contribution in [0.3, 0.4) is 0 Å². The zero-order valence-corrected chi connectivity index (χ0v) is 24.9. The van der Waals surface area contributed by atoms with Gasteiger partial charge in [0.15, 0.2) is 11.5 Å². The predicted octanol–water partition coefficient (Wildman–Crippen LogP) is 3.29. The highest BCUT2D eigenvalue weighted by Gasteiger charge is 2.32. The molecule has 46 heavy (non-hydrogen) atoms. The third-order valence-corrected chi connectivity index (χ3v) is 8.10. The number of hydrogen-bond acceptors (Lipinski definition) is 8. The molecule has 0 aliphatic carbocycles. The molecule has 3 N–H and O–H groups in total. The summed E-state index contributed by atoms with van der Waals surface area (Å²) in [5.74, 6) is -0.564. The summed E-state index contributed by atoms with van der Waals surface area (Å²) in [4.78, 5) is 51.6. The van der Waals surface area contributed by atoms with E-state index in [0.29, 0.717) is 62.0 Å². The van der Waals surface area contributed by atoms with E-state index >= 15 is 0 Å². The number of aryl methyl sites for hydroxylation is 1. The standard InChI is InChI=1S/C31H32F2N8O5/c1-19-16-21(37-26-27-36-17-25(41(27)11-9-35-26)20-2-5-22(6-3-20)46-30(32)33)4-7-23(19)28(42)38-12-14-39(15-13-38)31(45)40-10-8-34-24(18-40)29(43)44/h2-7,9,11,16-17,24,30,34H,8,10,12-15,18H2,1H3,(H,35,37)(H,43,44)/t24-/m1/s1. The topological polar surface area (TPSA) is 145 Å². The fourth-order valence-electron chi connectivity index (χ4n) is 5.71. The van der Waals surface area contributed by atoms with E-state index in [9.17, 15) is 28.3 Å². The summed E-state index contributed by atoms with van der Waals surface area (Å²) in [6.07, 6.45) is 5.04. The molecule has 0 spiro atoms. The van der Waals surface area contributed by atoms with Crippen LogP contribution in [0, 0.1) is 6.92 Å². The van der Waals surface area contributed by atoms with Crippen molar-refractivity contribution in [3.8, 4) is 17.0 Å². The van der Waals surface area contributed by atoms with E-state index < -0.39 is 18.6 Å². The summed E-state index contributed by atoms with van der Waals surface area (Å²) in [6, 6.07) is 10.7. The number of hydrogen-bond donors (Lipinski definition) is 3. The Morgan fingerprint density at radius 3 is 2.43 bits per heavy atom. The molecule has 2 aromatic heterocycles. The quantitative estimate of drug-likeness (QED) is 0.279. The van der Waals surface area contributed by atoms with Gasteiger partial charge in [0, 0.05) is 75.0 Å². The summed E-state index contributed by atoms with van der Waals surface area (Å²) >= 11 is 0. The lowest BCUT2D eigenvalue weighted by Crippen LogP contribution is -2.60. The van der Waals surface area contributed by atoms with Crippen LogP contribution in [0.5, 0.6) is 5.75 Å². The van der Waals surface area contributed by atoms with Crippen LogP contribution in [0.4, 0.5) is 25.1 Å². The Hall–Kier alpha value is -5.31. The second kappa shape index (κ2) is 13.0. The van der Waals surface area contributed by atoms with Crippen molar-refractivity contribution in [3.63, 3.8) is 0 Å². The molecular formula is C31H32F2N8O5. The number of aromatic nitrogens is 3. The maximum absolute atomic E-state index is 13.4. The second-order valence-electron chi connectivity index (χ2n) is 11.0. The van der Waals surface area contributed by atoms with Crippen molar-refractivity contribution in [3.05, 3.63) is 72.2 Å². The molecule has 2 saturated heterocycles. The molecule has 4 heterocycles. The minimum Gasteiger partial charge on any atom is -0.480 e. The Balaban J connectivity index is 1.09. The van der Waals surface area contributed by atoms with Crippen molar-refractivity contribution in [2.24, 2.45) is 0 Å². The van der Waals surface area contributed by atoms with E-state index in [2.05, 4.69) is 25.3 Å². The summed E-state index contributed by atoms with van der Waals surface area (Å²) in [6.45, 7) is 1.37.